The van der Waals surface area contributed by atoms with Gasteiger partial charge < -0.3 is 39.9 Å². The second-order valence-corrected chi connectivity index (χ2v) is 17.5. The Morgan fingerprint density at radius 2 is 1.95 bits per heavy atom. The van der Waals surface area contributed by atoms with Crippen LogP contribution in [0.2, 0.25) is 0 Å². The molecule has 1 unspecified atom stereocenters. The molecule has 2 aliphatic rings. The van der Waals surface area contributed by atoms with Crippen molar-refractivity contribution in [2.75, 3.05) is 40.5 Å². The Bertz CT molecular complexity index is 2220. The number of likely N-dealkylation sites (N-methyl/N-ethyl adjacent to an activating group) is 1. The maximum absolute atomic E-state index is 14.6. The molecule has 4 heterocycles. The van der Waals surface area contributed by atoms with Crippen LogP contribution in [0.4, 0.5) is 0 Å². The van der Waals surface area contributed by atoms with Crippen molar-refractivity contribution in [3.8, 4) is 28.1 Å². The van der Waals surface area contributed by atoms with E-state index in [1.807, 2.05) is 38.2 Å². The zero-order valence-corrected chi connectivity index (χ0v) is 36.0. The number of phenolic OH excluding ortho intramolecular Hbond substituents is 1. The van der Waals surface area contributed by atoms with Crippen molar-refractivity contribution in [2.24, 2.45) is 17.1 Å². The third kappa shape index (κ3) is 9.41. The second-order valence-electron chi connectivity index (χ2n) is 17.5. The summed E-state index contributed by atoms with van der Waals surface area (Å²) in [7, 11) is 3.25. The summed E-state index contributed by atoms with van der Waals surface area (Å²) in [6.45, 7) is 12.0. The molecule has 1 saturated heterocycles. The highest BCUT2D eigenvalue weighted by molar-refractivity contribution is 5.96. The number of aromatic hydroxyl groups is 1. The first kappa shape index (κ1) is 44.4. The van der Waals surface area contributed by atoms with Crippen molar-refractivity contribution in [3.05, 3.63) is 71.5 Å². The summed E-state index contributed by atoms with van der Waals surface area (Å²) in [5, 5.41) is 16.7. The summed E-state index contributed by atoms with van der Waals surface area (Å²) in [6.07, 6.45) is 6.15. The van der Waals surface area contributed by atoms with E-state index in [0.29, 0.717) is 51.1 Å². The summed E-state index contributed by atoms with van der Waals surface area (Å²) >= 11 is 0. The number of hydrogen-bond donors (Lipinski definition) is 4. The van der Waals surface area contributed by atoms with E-state index in [-0.39, 0.29) is 43.6 Å². The van der Waals surface area contributed by atoms with Gasteiger partial charge in [-0.2, -0.15) is 0 Å². The number of hydrogen-bond acceptors (Lipinski definition) is 10. The highest BCUT2D eigenvalue weighted by Gasteiger charge is 2.41. The van der Waals surface area contributed by atoms with Crippen molar-refractivity contribution < 1.29 is 33.8 Å². The molecule has 3 amide bonds. The average molecular weight is 824 g/mol. The fraction of sp³-hybridized carbons (Fsp3) is 0.500. The van der Waals surface area contributed by atoms with E-state index in [2.05, 4.69) is 53.2 Å². The smallest absolute Gasteiger partial charge is 0.259 e. The molecule has 0 radical (unpaired) electrons. The van der Waals surface area contributed by atoms with Gasteiger partial charge in [0.25, 0.3) is 5.91 Å². The lowest BCUT2D eigenvalue weighted by atomic mass is 9.84. The molecule has 3 atom stereocenters. The Balaban J connectivity index is 1.51. The number of nitrogens with one attached hydrogen (secondary N) is 2. The fourth-order valence-electron chi connectivity index (χ4n) is 8.92. The number of fused-ring (bicyclic) bond motifs is 6. The molecule has 0 saturated carbocycles. The van der Waals surface area contributed by atoms with Gasteiger partial charge >= 0.3 is 0 Å². The van der Waals surface area contributed by atoms with Crippen LogP contribution in [0.1, 0.15) is 70.6 Å². The van der Waals surface area contributed by atoms with Crippen LogP contribution >= 0.6 is 0 Å². The summed E-state index contributed by atoms with van der Waals surface area (Å²) in [4.78, 5) is 60.6. The number of aromatic nitrogens is 2. The fourth-order valence-corrected chi connectivity index (χ4v) is 8.92. The number of ether oxygens (including phenoxy) is 2. The van der Waals surface area contributed by atoms with E-state index in [9.17, 15) is 24.3 Å². The van der Waals surface area contributed by atoms with E-state index in [1.54, 1.807) is 32.5 Å². The number of nitrogens with zero attached hydrogens (tertiary/aromatic N) is 4. The number of amides is 3. The molecule has 5 N–H and O–H groups in total. The maximum Gasteiger partial charge on any atom is 0.259 e. The largest absolute Gasteiger partial charge is 0.508 e. The molecule has 2 aromatic carbocycles. The summed E-state index contributed by atoms with van der Waals surface area (Å²) in [5.41, 5.74) is 14.7. The van der Waals surface area contributed by atoms with Crippen LogP contribution < -0.4 is 16.5 Å². The molecule has 6 bridgehead atoms. The maximum atomic E-state index is 14.6. The Morgan fingerprint density at radius 3 is 2.65 bits per heavy atom. The van der Waals surface area contributed by atoms with Gasteiger partial charge in [-0.05, 0) is 95.7 Å². The number of aryl methyl sites for hydroxylation is 1. The van der Waals surface area contributed by atoms with Crippen LogP contribution in [-0.2, 0) is 54.6 Å². The zero-order valence-electron chi connectivity index (χ0n) is 36.0. The van der Waals surface area contributed by atoms with Gasteiger partial charge in [0.1, 0.15) is 29.7 Å². The molecule has 6 rings (SSSR count). The van der Waals surface area contributed by atoms with Crippen LogP contribution in [0, 0.1) is 11.3 Å². The predicted octanol–water partition coefficient (Wildman–Crippen LogP) is 4.76. The lowest BCUT2D eigenvalue weighted by Crippen LogP contribution is -2.66. The first-order valence-electron chi connectivity index (χ1n) is 20.9. The van der Waals surface area contributed by atoms with Gasteiger partial charge in [-0.3, -0.25) is 24.4 Å². The summed E-state index contributed by atoms with van der Waals surface area (Å²) < 4.78 is 14.4. The van der Waals surface area contributed by atoms with Gasteiger partial charge in [0.05, 0.1) is 25.5 Å². The van der Waals surface area contributed by atoms with Crippen LogP contribution in [-0.4, -0.2) is 107 Å². The molecule has 4 aromatic rings. The van der Waals surface area contributed by atoms with Crippen molar-refractivity contribution in [3.63, 3.8) is 0 Å². The molecule has 322 valence electrons. The van der Waals surface area contributed by atoms with E-state index in [0.717, 1.165) is 50.7 Å². The monoisotopic (exact) mass is 823 g/mol. The molecule has 1 fully saturated rings. The highest BCUT2D eigenvalue weighted by Crippen LogP contribution is 2.41. The molecule has 0 spiro atoms. The van der Waals surface area contributed by atoms with E-state index in [1.165, 1.54) is 9.91 Å². The Morgan fingerprint density at radius 1 is 1.17 bits per heavy atom. The topological polar surface area (TPSA) is 181 Å². The number of aldehydes is 1. The Labute approximate surface area is 352 Å². The van der Waals surface area contributed by atoms with E-state index >= 15 is 0 Å². The molecule has 60 heavy (non-hydrogen) atoms. The molecular formula is C46H61N7O7. The Kier molecular flexibility index (Phi) is 13.8. The first-order valence-corrected chi connectivity index (χ1v) is 20.9. The highest BCUT2D eigenvalue weighted by atomic mass is 16.5. The van der Waals surface area contributed by atoms with Crippen molar-refractivity contribution in [2.45, 2.75) is 97.5 Å². The lowest BCUT2D eigenvalue weighted by molar-refractivity contribution is -0.148. The number of methoxy groups -OCH3 is 1. The molecule has 14 nitrogen and oxygen atoms in total. The molecule has 2 aromatic heterocycles. The van der Waals surface area contributed by atoms with E-state index in [4.69, 9.17) is 15.2 Å². The third-order valence-corrected chi connectivity index (χ3v) is 11.7. The Hall–Kier alpha value is -5.15. The number of rotatable bonds is 11. The molecular weight excluding hydrogens is 763 g/mol. The second kappa shape index (κ2) is 18.6. The standard InChI is InChI=1S/C46H61N7O7/c1-8-52-39-11-10-31-22-35(39)36(42(52)37-24-48-16-13-32(37)25-59-7)23-45(4,5)27-60-28-46(26-54)14-9-17-53(50-46)44(58)38(20-30-18-33(31)21-34(55)19-30)49-43(57)41(29(2)3)51(6)40(56)12-15-47/h10-11,13,16,18-19,21-22,24,26,29,38,41,50,55H,8-9,12,14-15,17,20,23,25,27-28,47H2,1-7H3,(H,49,57)/t38-,41-,46?/m0/s1. The summed E-state index contributed by atoms with van der Waals surface area (Å²) in [6, 6.07) is 11.5. The quantitative estimate of drug-likeness (QED) is 0.154. The third-order valence-electron chi connectivity index (χ3n) is 11.7. The SMILES string of the molecule is CCn1c(-c2cnccc2COC)c2c3cc(ccc31)-c1cc(O)cc(c1)C[C@H](NC(=O)[C@H](C(C)C)N(C)C(=O)CCN)C(=O)N1CCCC(C=O)(COCC(C)(C)C2)N1. The number of carbonyl (C=O) groups is 4. The van der Waals surface area contributed by atoms with Crippen molar-refractivity contribution in [1.82, 2.24) is 30.2 Å². The molecule has 0 aliphatic carbocycles. The van der Waals surface area contributed by atoms with Crippen LogP contribution in [0.5, 0.6) is 5.75 Å². The minimum absolute atomic E-state index is 0.00246. The number of benzene rings is 2. The first-order chi connectivity index (χ1) is 28.6. The number of nitrogens with two attached hydrogens (primary N) is 1. The number of pyridine rings is 1. The van der Waals surface area contributed by atoms with Crippen LogP contribution in [0.25, 0.3) is 33.3 Å². The number of carbonyl (C=O) groups excluding carboxylic acids is 4. The van der Waals surface area contributed by atoms with Crippen molar-refractivity contribution in [1.29, 1.82) is 0 Å². The molecule has 14 heteroatoms. The molecule has 2 aliphatic heterocycles. The minimum Gasteiger partial charge on any atom is -0.508 e. The summed E-state index contributed by atoms with van der Waals surface area (Å²) in [5.74, 6) is -1.53. The van der Waals surface area contributed by atoms with Gasteiger partial charge in [0.2, 0.25) is 11.8 Å². The zero-order chi connectivity index (χ0) is 43.4. The van der Waals surface area contributed by atoms with Crippen molar-refractivity contribution >= 4 is 34.9 Å². The number of phenols is 1. The predicted molar refractivity (Wildman–Crippen MR) is 231 cm³/mol. The van der Waals surface area contributed by atoms with E-state index < -0.39 is 34.9 Å². The van der Waals surface area contributed by atoms with Gasteiger partial charge in [-0.15, -0.1) is 0 Å². The van der Waals surface area contributed by atoms with Gasteiger partial charge in [-0.1, -0.05) is 39.8 Å². The van der Waals surface area contributed by atoms with Gasteiger partial charge in [0.15, 0.2) is 0 Å². The van der Waals surface area contributed by atoms with Gasteiger partial charge in [0, 0.05) is 75.5 Å². The van der Waals surface area contributed by atoms with Gasteiger partial charge in [-0.25, -0.2) is 5.43 Å². The normalized spacial score (nSPS) is 20.1. The van der Waals surface area contributed by atoms with Crippen LogP contribution in [0.15, 0.2) is 54.9 Å². The van der Waals surface area contributed by atoms with Crippen LogP contribution in [0.3, 0.4) is 0 Å². The number of hydrazine groups is 1. The minimum atomic E-state index is -1.19. The average Bonchev–Trinajstić information content (AvgIpc) is 3.51. The lowest BCUT2D eigenvalue weighted by Gasteiger charge is -2.42.